The van der Waals surface area contributed by atoms with Crippen molar-refractivity contribution in [3.63, 3.8) is 0 Å². The lowest BCUT2D eigenvalue weighted by molar-refractivity contribution is 0.0288. The van der Waals surface area contributed by atoms with Crippen molar-refractivity contribution in [2.24, 2.45) is 5.92 Å². The van der Waals surface area contributed by atoms with Crippen molar-refractivity contribution in [2.75, 3.05) is 17.5 Å². The summed E-state index contributed by atoms with van der Waals surface area (Å²) in [5.41, 5.74) is -0.377. The van der Waals surface area contributed by atoms with Crippen molar-refractivity contribution < 1.29 is 9.53 Å². The Morgan fingerprint density at radius 3 is 2.73 bits per heavy atom. The van der Waals surface area contributed by atoms with Gasteiger partial charge in [0, 0.05) is 13.1 Å². The monoisotopic (exact) mass is 325 g/mol. The van der Waals surface area contributed by atoms with Crippen LogP contribution < -0.4 is 0 Å². The van der Waals surface area contributed by atoms with Gasteiger partial charge in [-0.25, -0.2) is 4.79 Å². The molecule has 0 N–H and O–H groups in total. The van der Waals surface area contributed by atoms with Crippen LogP contribution in [0.25, 0.3) is 0 Å². The number of alkyl halides is 1. The van der Waals surface area contributed by atoms with Crippen molar-refractivity contribution in [2.45, 2.75) is 39.2 Å². The molecular formula is C11H20INO2. The molecule has 1 saturated heterocycles. The summed E-state index contributed by atoms with van der Waals surface area (Å²) in [6, 6.07) is 0. The van der Waals surface area contributed by atoms with Crippen LogP contribution in [-0.2, 0) is 4.74 Å². The highest BCUT2D eigenvalue weighted by Gasteiger charge is 2.29. The van der Waals surface area contributed by atoms with Gasteiger partial charge in [-0.1, -0.05) is 22.6 Å². The number of carbonyl (C=O) groups excluding carboxylic acids is 1. The minimum Gasteiger partial charge on any atom is -0.444 e. The molecule has 1 amide bonds. The number of likely N-dealkylation sites (tertiary alicyclic amines) is 1. The molecule has 88 valence electrons. The first-order chi connectivity index (χ1) is 6.92. The van der Waals surface area contributed by atoms with Crippen LogP contribution in [0.4, 0.5) is 4.79 Å². The summed E-state index contributed by atoms with van der Waals surface area (Å²) in [7, 11) is 0. The van der Waals surface area contributed by atoms with Crippen LogP contribution in [0.2, 0.25) is 0 Å². The fourth-order valence-electron chi connectivity index (χ4n) is 1.71. The van der Waals surface area contributed by atoms with Gasteiger partial charge in [0.15, 0.2) is 0 Å². The average molecular weight is 325 g/mol. The standard InChI is InChI=1S/C11H20INO2/c1-11(2,3)15-10(14)13-7-5-9(8-13)4-6-12/h9H,4-8H2,1-3H3/t9-/m0/s1. The van der Waals surface area contributed by atoms with E-state index in [0.29, 0.717) is 5.92 Å². The number of hydrogen-bond acceptors (Lipinski definition) is 2. The van der Waals surface area contributed by atoms with E-state index >= 15 is 0 Å². The first-order valence-corrected chi connectivity index (χ1v) is 6.99. The quantitative estimate of drug-likeness (QED) is 0.577. The summed E-state index contributed by atoms with van der Waals surface area (Å²) in [5.74, 6) is 0.675. The van der Waals surface area contributed by atoms with E-state index in [9.17, 15) is 4.79 Å². The van der Waals surface area contributed by atoms with Crippen molar-refractivity contribution in [3.05, 3.63) is 0 Å². The van der Waals surface area contributed by atoms with Crippen molar-refractivity contribution in [1.29, 1.82) is 0 Å². The second kappa shape index (κ2) is 5.37. The van der Waals surface area contributed by atoms with Gasteiger partial charge in [-0.3, -0.25) is 0 Å². The Bertz CT molecular complexity index is 225. The second-order valence-electron chi connectivity index (χ2n) is 5.06. The van der Waals surface area contributed by atoms with Gasteiger partial charge in [0.25, 0.3) is 0 Å². The summed E-state index contributed by atoms with van der Waals surface area (Å²) >= 11 is 2.39. The minimum absolute atomic E-state index is 0.154. The third-order valence-electron chi connectivity index (χ3n) is 2.45. The molecule has 0 aliphatic carbocycles. The van der Waals surface area contributed by atoms with Crippen molar-refractivity contribution >= 4 is 28.7 Å². The zero-order valence-corrected chi connectivity index (χ0v) is 11.9. The maximum absolute atomic E-state index is 11.7. The number of amides is 1. The van der Waals surface area contributed by atoms with Gasteiger partial charge < -0.3 is 9.64 Å². The fraction of sp³-hybridized carbons (Fsp3) is 0.909. The predicted molar refractivity (Wildman–Crippen MR) is 69.4 cm³/mol. The van der Waals surface area contributed by atoms with E-state index in [1.165, 1.54) is 10.8 Å². The van der Waals surface area contributed by atoms with E-state index < -0.39 is 0 Å². The largest absolute Gasteiger partial charge is 0.444 e. The normalized spacial score (nSPS) is 21.9. The molecule has 0 aromatic heterocycles. The molecule has 0 saturated carbocycles. The van der Waals surface area contributed by atoms with Crippen LogP contribution in [0.5, 0.6) is 0 Å². The summed E-state index contributed by atoms with van der Waals surface area (Å²) in [5, 5.41) is 0. The third-order valence-corrected chi connectivity index (χ3v) is 3.08. The van der Waals surface area contributed by atoms with Crippen molar-refractivity contribution in [3.8, 4) is 0 Å². The highest BCUT2D eigenvalue weighted by molar-refractivity contribution is 14.1. The lowest BCUT2D eigenvalue weighted by atomic mass is 10.1. The summed E-state index contributed by atoms with van der Waals surface area (Å²) in [6.07, 6.45) is 2.18. The van der Waals surface area contributed by atoms with Gasteiger partial charge in [0.2, 0.25) is 0 Å². The molecule has 0 unspecified atom stereocenters. The van der Waals surface area contributed by atoms with Gasteiger partial charge in [0.05, 0.1) is 0 Å². The number of ether oxygens (including phenoxy) is 1. The minimum atomic E-state index is -0.377. The molecular weight excluding hydrogens is 305 g/mol. The maximum Gasteiger partial charge on any atom is 0.410 e. The first-order valence-electron chi connectivity index (χ1n) is 5.46. The topological polar surface area (TPSA) is 29.5 Å². The van der Waals surface area contributed by atoms with E-state index in [4.69, 9.17) is 4.74 Å². The number of carbonyl (C=O) groups is 1. The molecule has 1 heterocycles. The van der Waals surface area contributed by atoms with E-state index in [-0.39, 0.29) is 11.7 Å². The van der Waals surface area contributed by atoms with Gasteiger partial charge in [-0.05, 0) is 44.0 Å². The first kappa shape index (κ1) is 13.1. The Balaban J connectivity index is 2.37. The number of hydrogen-bond donors (Lipinski definition) is 0. The van der Waals surface area contributed by atoms with Gasteiger partial charge >= 0.3 is 6.09 Å². The Kier molecular flexibility index (Phi) is 4.67. The van der Waals surface area contributed by atoms with Gasteiger partial charge in [-0.2, -0.15) is 0 Å². The second-order valence-corrected chi connectivity index (χ2v) is 6.14. The van der Waals surface area contributed by atoms with Crippen molar-refractivity contribution in [1.82, 2.24) is 4.90 Å². The smallest absolute Gasteiger partial charge is 0.410 e. The molecule has 1 rings (SSSR count). The average Bonchev–Trinajstić information content (AvgIpc) is 2.50. The Hall–Kier alpha value is 0. The highest BCUT2D eigenvalue weighted by Crippen LogP contribution is 2.22. The highest BCUT2D eigenvalue weighted by atomic mass is 127. The SMILES string of the molecule is CC(C)(C)OC(=O)N1CC[C@H](CCI)C1. The zero-order chi connectivity index (χ0) is 11.5. The maximum atomic E-state index is 11.7. The van der Waals surface area contributed by atoms with E-state index in [2.05, 4.69) is 22.6 Å². The number of halogens is 1. The van der Waals surface area contributed by atoms with Crippen LogP contribution in [0.15, 0.2) is 0 Å². The number of rotatable bonds is 2. The molecule has 0 bridgehead atoms. The molecule has 0 radical (unpaired) electrons. The summed E-state index contributed by atoms with van der Waals surface area (Å²) < 4.78 is 6.50. The molecule has 1 atom stereocenters. The molecule has 4 heteroatoms. The Morgan fingerprint density at radius 1 is 1.53 bits per heavy atom. The van der Waals surface area contributed by atoms with Crippen LogP contribution >= 0.6 is 22.6 Å². The zero-order valence-electron chi connectivity index (χ0n) is 9.75. The fourth-order valence-corrected chi connectivity index (χ4v) is 2.60. The van der Waals surface area contributed by atoms with Crippen LogP contribution in [-0.4, -0.2) is 34.1 Å². The molecule has 1 aliphatic heterocycles. The number of nitrogens with zero attached hydrogens (tertiary/aromatic N) is 1. The molecule has 0 aromatic carbocycles. The van der Waals surface area contributed by atoms with E-state index in [1.807, 2.05) is 25.7 Å². The third kappa shape index (κ3) is 4.57. The van der Waals surface area contributed by atoms with Gasteiger partial charge in [0.1, 0.15) is 5.60 Å². The lowest BCUT2D eigenvalue weighted by Crippen LogP contribution is -2.35. The molecule has 0 aromatic rings. The lowest BCUT2D eigenvalue weighted by Gasteiger charge is -2.24. The van der Waals surface area contributed by atoms with Crippen LogP contribution in [0, 0.1) is 5.92 Å². The molecule has 3 nitrogen and oxygen atoms in total. The Labute approximate surface area is 106 Å². The van der Waals surface area contributed by atoms with Crippen LogP contribution in [0.1, 0.15) is 33.6 Å². The molecule has 15 heavy (non-hydrogen) atoms. The summed E-state index contributed by atoms with van der Waals surface area (Å²) in [4.78, 5) is 13.5. The van der Waals surface area contributed by atoms with Gasteiger partial charge in [-0.15, -0.1) is 0 Å². The predicted octanol–water partition coefficient (Wildman–Crippen LogP) is 3.07. The van der Waals surface area contributed by atoms with E-state index in [1.54, 1.807) is 0 Å². The van der Waals surface area contributed by atoms with Crippen LogP contribution in [0.3, 0.4) is 0 Å². The molecule has 0 spiro atoms. The summed E-state index contributed by atoms with van der Waals surface area (Å²) in [6.45, 7) is 7.45. The van der Waals surface area contributed by atoms with E-state index in [0.717, 1.165) is 19.5 Å². The molecule has 1 fully saturated rings. The molecule has 1 aliphatic rings. The Morgan fingerprint density at radius 2 is 2.20 bits per heavy atom.